The van der Waals surface area contributed by atoms with Crippen molar-refractivity contribution >= 4 is 28.6 Å². The van der Waals surface area contributed by atoms with Crippen LogP contribution in [-0.4, -0.2) is 23.4 Å². The third-order valence-corrected chi connectivity index (χ3v) is 5.50. The fraction of sp³-hybridized carbons (Fsp3) is 0.438. The first-order valence-electron chi connectivity index (χ1n) is 7.40. The summed E-state index contributed by atoms with van der Waals surface area (Å²) in [7, 11) is 0. The minimum absolute atomic E-state index is 0.00123. The standard InChI is InChI=1S/C16H20N2OS2/c19-16(15-7-1-2-8-17-15)18(11-13-5-3-9-20-13)12-14-6-4-10-21-14/h3-6,9-10,15,17H,1-2,7-8,11-12H2/t15-/m1/s1. The lowest BCUT2D eigenvalue weighted by Crippen LogP contribution is -2.47. The number of hydrogen-bond acceptors (Lipinski definition) is 4. The number of piperidine rings is 1. The van der Waals surface area contributed by atoms with E-state index in [2.05, 4.69) is 28.2 Å². The topological polar surface area (TPSA) is 32.3 Å². The molecular formula is C16H20N2OS2. The number of hydrogen-bond donors (Lipinski definition) is 1. The van der Waals surface area contributed by atoms with Crippen LogP contribution in [0.15, 0.2) is 35.0 Å². The summed E-state index contributed by atoms with van der Waals surface area (Å²) in [4.78, 5) is 17.3. The summed E-state index contributed by atoms with van der Waals surface area (Å²) in [6, 6.07) is 8.30. The number of thiophene rings is 2. The highest BCUT2D eigenvalue weighted by Gasteiger charge is 2.26. The average Bonchev–Trinajstić information content (AvgIpc) is 3.20. The van der Waals surface area contributed by atoms with Crippen LogP contribution in [0.25, 0.3) is 0 Å². The lowest BCUT2D eigenvalue weighted by Gasteiger charge is -2.29. The van der Waals surface area contributed by atoms with E-state index >= 15 is 0 Å². The molecular weight excluding hydrogens is 300 g/mol. The van der Waals surface area contributed by atoms with Crippen molar-refractivity contribution in [1.82, 2.24) is 10.2 Å². The summed E-state index contributed by atoms with van der Waals surface area (Å²) >= 11 is 3.43. The zero-order chi connectivity index (χ0) is 14.5. The first kappa shape index (κ1) is 14.8. The molecule has 3 nitrogen and oxygen atoms in total. The third-order valence-electron chi connectivity index (χ3n) is 3.77. The van der Waals surface area contributed by atoms with E-state index in [1.54, 1.807) is 22.7 Å². The smallest absolute Gasteiger partial charge is 0.240 e. The van der Waals surface area contributed by atoms with E-state index in [1.165, 1.54) is 16.2 Å². The molecule has 1 amide bonds. The molecule has 0 bridgehead atoms. The number of nitrogens with one attached hydrogen (secondary N) is 1. The van der Waals surface area contributed by atoms with Gasteiger partial charge in [-0.3, -0.25) is 4.79 Å². The van der Waals surface area contributed by atoms with Gasteiger partial charge in [0.15, 0.2) is 0 Å². The largest absolute Gasteiger partial charge is 0.331 e. The lowest BCUT2D eigenvalue weighted by molar-refractivity contribution is -0.135. The molecule has 1 aliphatic rings. The van der Waals surface area contributed by atoms with Crippen LogP contribution in [0, 0.1) is 0 Å². The van der Waals surface area contributed by atoms with Crippen LogP contribution in [0.4, 0.5) is 0 Å². The SMILES string of the molecule is O=C([C@H]1CCCCN1)N(Cc1cccs1)Cc1cccs1. The molecule has 1 N–H and O–H groups in total. The Balaban J connectivity index is 1.72. The van der Waals surface area contributed by atoms with E-state index in [4.69, 9.17) is 0 Å². The quantitative estimate of drug-likeness (QED) is 0.915. The van der Waals surface area contributed by atoms with Gasteiger partial charge >= 0.3 is 0 Å². The first-order valence-corrected chi connectivity index (χ1v) is 9.16. The minimum atomic E-state index is -0.00123. The van der Waals surface area contributed by atoms with Crippen molar-refractivity contribution in [1.29, 1.82) is 0 Å². The Bertz CT molecular complexity index is 509. The molecule has 21 heavy (non-hydrogen) atoms. The van der Waals surface area contributed by atoms with Crippen LogP contribution in [0.2, 0.25) is 0 Å². The van der Waals surface area contributed by atoms with E-state index in [0.717, 1.165) is 19.4 Å². The highest BCUT2D eigenvalue weighted by Crippen LogP contribution is 2.19. The van der Waals surface area contributed by atoms with Crippen molar-refractivity contribution in [3.63, 3.8) is 0 Å². The molecule has 0 saturated carbocycles. The number of nitrogens with zero attached hydrogens (tertiary/aromatic N) is 1. The summed E-state index contributed by atoms with van der Waals surface area (Å²) < 4.78 is 0. The van der Waals surface area contributed by atoms with E-state index < -0.39 is 0 Å². The second-order valence-electron chi connectivity index (χ2n) is 5.36. The number of carbonyl (C=O) groups excluding carboxylic acids is 1. The Morgan fingerprint density at radius 3 is 2.29 bits per heavy atom. The molecule has 0 aromatic carbocycles. The van der Waals surface area contributed by atoms with Crippen LogP contribution in [0.3, 0.4) is 0 Å². The van der Waals surface area contributed by atoms with Gasteiger partial charge in [0.1, 0.15) is 0 Å². The second-order valence-corrected chi connectivity index (χ2v) is 7.42. The second kappa shape index (κ2) is 7.20. The Morgan fingerprint density at radius 2 is 1.81 bits per heavy atom. The van der Waals surface area contributed by atoms with E-state index in [-0.39, 0.29) is 11.9 Å². The van der Waals surface area contributed by atoms with Gasteiger partial charge in [-0.05, 0) is 42.3 Å². The van der Waals surface area contributed by atoms with Crippen LogP contribution in [0.5, 0.6) is 0 Å². The number of amides is 1. The molecule has 1 aliphatic heterocycles. The van der Waals surface area contributed by atoms with E-state index in [0.29, 0.717) is 13.1 Å². The van der Waals surface area contributed by atoms with Crippen molar-refractivity contribution in [2.24, 2.45) is 0 Å². The van der Waals surface area contributed by atoms with Gasteiger partial charge in [0, 0.05) is 9.75 Å². The summed E-state index contributed by atoms with van der Waals surface area (Å²) in [5.41, 5.74) is 0. The van der Waals surface area contributed by atoms with Crippen LogP contribution < -0.4 is 5.32 Å². The summed E-state index contributed by atoms with van der Waals surface area (Å²) in [5.74, 6) is 0.247. The Kier molecular flexibility index (Phi) is 5.06. The van der Waals surface area contributed by atoms with Gasteiger partial charge in [0.2, 0.25) is 5.91 Å². The zero-order valence-corrected chi connectivity index (χ0v) is 13.6. The molecule has 0 aliphatic carbocycles. The van der Waals surface area contributed by atoms with Gasteiger partial charge in [-0.25, -0.2) is 0 Å². The minimum Gasteiger partial charge on any atom is -0.331 e. The van der Waals surface area contributed by atoms with Gasteiger partial charge in [0.05, 0.1) is 19.1 Å². The van der Waals surface area contributed by atoms with Crippen LogP contribution in [0.1, 0.15) is 29.0 Å². The molecule has 0 spiro atoms. The summed E-state index contributed by atoms with van der Waals surface area (Å²) in [6.07, 6.45) is 3.29. The number of carbonyl (C=O) groups is 1. The van der Waals surface area contributed by atoms with Crippen molar-refractivity contribution in [2.75, 3.05) is 6.54 Å². The number of rotatable bonds is 5. The van der Waals surface area contributed by atoms with E-state index in [1.807, 2.05) is 17.0 Å². The van der Waals surface area contributed by atoms with Crippen LogP contribution >= 0.6 is 22.7 Å². The normalized spacial score (nSPS) is 18.6. The Labute approximate surface area is 133 Å². The first-order chi connectivity index (χ1) is 10.3. The zero-order valence-electron chi connectivity index (χ0n) is 12.0. The highest BCUT2D eigenvalue weighted by molar-refractivity contribution is 7.10. The van der Waals surface area contributed by atoms with Crippen molar-refractivity contribution in [3.8, 4) is 0 Å². The molecule has 0 unspecified atom stereocenters. The van der Waals surface area contributed by atoms with Gasteiger partial charge in [-0.2, -0.15) is 0 Å². The molecule has 1 saturated heterocycles. The molecule has 3 heterocycles. The predicted molar refractivity (Wildman–Crippen MR) is 88.5 cm³/mol. The molecule has 1 atom stereocenters. The average molecular weight is 320 g/mol. The fourth-order valence-electron chi connectivity index (χ4n) is 2.68. The molecule has 0 radical (unpaired) electrons. The molecule has 2 aromatic rings. The highest BCUT2D eigenvalue weighted by atomic mass is 32.1. The van der Waals surface area contributed by atoms with Crippen LogP contribution in [-0.2, 0) is 17.9 Å². The maximum absolute atomic E-state index is 12.8. The summed E-state index contributed by atoms with van der Waals surface area (Å²) in [5, 5.41) is 7.52. The molecule has 5 heteroatoms. The predicted octanol–water partition coefficient (Wildman–Crippen LogP) is 3.48. The summed E-state index contributed by atoms with van der Waals surface area (Å²) in [6.45, 7) is 2.39. The van der Waals surface area contributed by atoms with Gasteiger partial charge in [0.25, 0.3) is 0 Å². The molecule has 3 rings (SSSR count). The molecule has 2 aromatic heterocycles. The van der Waals surface area contributed by atoms with Crippen molar-refractivity contribution in [3.05, 3.63) is 44.8 Å². The third kappa shape index (κ3) is 3.93. The van der Waals surface area contributed by atoms with E-state index in [9.17, 15) is 4.79 Å². The Hall–Kier alpha value is -1.17. The van der Waals surface area contributed by atoms with Gasteiger partial charge in [-0.1, -0.05) is 18.6 Å². The van der Waals surface area contributed by atoms with Gasteiger partial charge < -0.3 is 10.2 Å². The van der Waals surface area contributed by atoms with Gasteiger partial charge in [-0.15, -0.1) is 22.7 Å². The maximum Gasteiger partial charge on any atom is 0.240 e. The van der Waals surface area contributed by atoms with Crippen molar-refractivity contribution < 1.29 is 4.79 Å². The maximum atomic E-state index is 12.8. The Morgan fingerprint density at radius 1 is 1.14 bits per heavy atom. The van der Waals surface area contributed by atoms with Crippen molar-refractivity contribution in [2.45, 2.75) is 38.4 Å². The monoisotopic (exact) mass is 320 g/mol. The fourth-order valence-corrected chi connectivity index (χ4v) is 4.11. The lowest BCUT2D eigenvalue weighted by atomic mass is 10.0. The molecule has 112 valence electrons. The molecule has 1 fully saturated rings.